The standard InChI is InChI=1S/C20H21NO2/c1-2-17-11-13-18(14-12-17)8-6-7-15-21-20(22)23-16-19-9-4-3-5-10-19/h3-5,9-14H,2,7,15-16H2,1H3,(H,21,22). The van der Waals surface area contributed by atoms with E-state index in [1.54, 1.807) is 0 Å². The first-order valence-electron chi connectivity index (χ1n) is 7.80. The molecule has 0 bridgehead atoms. The van der Waals surface area contributed by atoms with Gasteiger partial charge in [0, 0.05) is 18.5 Å². The van der Waals surface area contributed by atoms with Crippen LogP contribution in [0.1, 0.15) is 30.0 Å². The number of carbonyl (C=O) groups excluding carboxylic acids is 1. The largest absolute Gasteiger partial charge is 0.445 e. The van der Waals surface area contributed by atoms with Gasteiger partial charge < -0.3 is 10.1 Å². The van der Waals surface area contributed by atoms with Crippen molar-refractivity contribution in [1.82, 2.24) is 5.32 Å². The van der Waals surface area contributed by atoms with Crippen LogP contribution in [0.5, 0.6) is 0 Å². The molecule has 1 amide bonds. The second-order valence-electron chi connectivity index (χ2n) is 5.09. The lowest BCUT2D eigenvalue weighted by atomic mass is 10.1. The van der Waals surface area contributed by atoms with Gasteiger partial charge in [0.05, 0.1) is 0 Å². The summed E-state index contributed by atoms with van der Waals surface area (Å²) >= 11 is 0. The highest BCUT2D eigenvalue weighted by atomic mass is 16.5. The summed E-state index contributed by atoms with van der Waals surface area (Å²) in [6, 6.07) is 17.8. The van der Waals surface area contributed by atoms with Gasteiger partial charge in [-0.2, -0.15) is 0 Å². The van der Waals surface area contributed by atoms with Crippen LogP contribution in [0.15, 0.2) is 54.6 Å². The van der Waals surface area contributed by atoms with E-state index in [0.29, 0.717) is 13.0 Å². The third-order valence-corrected chi connectivity index (χ3v) is 3.33. The first-order valence-corrected chi connectivity index (χ1v) is 7.80. The van der Waals surface area contributed by atoms with Crippen molar-refractivity contribution in [2.75, 3.05) is 6.54 Å². The van der Waals surface area contributed by atoms with E-state index in [0.717, 1.165) is 17.5 Å². The fourth-order valence-corrected chi connectivity index (χ4v) is 1.99. The van der Waals surface area contributed by atoms with E-state index in [4.69, 9.17) is 4.74 Å². The van der Waals surface area contributed by atoms with Crippen LogP contribution in [-0.2, 0) is 17.8 Å². The van der Waals surface area contributed by atoms with Gasteiger partial charge in [-0.1, -0.05) is 61.2 Å². The van der Waals surface area contributed by atoms with Crippen molar-refractivity contribution in [2.45, 2.75) is 26.4 Å². The van der Waals surface area contributed by atoms with Crippen LogP contribution in [0.2, 0.25) is 0 Å². The zero-order valence-electron chi connectivity index (χ0n) is 13.3. The summed E-state index contributed by atoms with van der Waals surface area (Å²) in [5, 5.41) is 2.69. The van der Waals surface area contributed by atoms with Crippen LogP contribution < -0.4 is 5.32 Å². The Balaban J connectivity index is 1.65. The van der Waals surface area contributed by atoms with E-state index in [1.165, 1.54) is 5.56 Å². The molecule has 0 saturated carbocycles. The number of rotatable bonds is 5. The molecular formula is C20H21NO2. The van der Waals surface area contributed by atoms with Gasteiger partial charge in [-0.15, -0.1) is 0 Å². The number of carbonyl (C=O) groups is 1. The minimum absolute atomic E-state index is 0.280. The number of amides is 1. The average molecular weight is 307 g/mol. The first kappa shape index (κ1) is 16.6. The van der Waals surface area contributed by atoms with Gasteiger partial charge in [-0.05, 0) is 29.7 Å². The van der Waals surface area contributed by atoms with Crippen molar-refractivity contribution >= 4 is 6.09 Å². The maximum absolute atomic E-state index is 11.5. The Kier molecular flexibility index (Phi) is 6.74. The highest BCUT2D eigenvalue weighted by Crippen LogP contribution is 2.03. The van der Waals surface area contributed by atoms with Crippen molar-refractivity contribution in [3.05, 3.63) is 71.3 Å². The summed E-state index contributed by atoms with van der Waals surface area (Å²) in [4.78, 5) is 11.5. The Hall–Kier alpha value is -2.73. The van der Waals surface area contributed by atoms with Gasteiger partial charge in [0.15, 0.2) is 0 Å². The van der Waals surface area contributed by atoms with E-state index < -0.39 is 6.09 Å². The number of hydrogen-bond acceptors (Lipinski definition) is 2. The fraction of sp³-hybridized carbons (Fsp3) is 0.250. The van der Waals surface area contributed by atoms with Crippen molar-refractivity contribution in [1.29, 1.82) is 0 Å². The van der Waals surface area contributed by atoms with E-state index in [1.807, 2.05) is 42.5 Å². The smallest absolute Gasteiger partial charge is 0.407 e. The number of hydrogen-bond donors (Lipinski definition) is 1. The molecule has 2 rings (SSSR count). The Labute approximate surface area is 137 Å². The van der Waals surface area contributed by atoms with E-state index >= 15 is 0 Å². The zero-order chi connectivity index (χ0) is 16.3. The molecule has 0 heterocycles. The zero-order valence-corrected chi connectivity index (χ0v) is 13.3. The molecule has 0 fully saturated rings. The molecule has 0 aromatic heterocycles. The molecule has 23 heavy (non-hydrogen) atoms. The Bertz CT molecular complexity index is 666. The summed E-state index contributed by atoms with van der Waals surface area (Å²) in [6.07, 6.45) is 1.21. The third-order valence-electron chi connectivity index (χ3n) is 3.33. The van der Waals surface area contributed by atoms with Crippen LogP contribution in [-0.4, -0.2) is 12.6 Å². The molecule has 0 spiro atoms. The topological polar surface area (TPSA) is 38.3 Å². The molecule has 0 radical (unpaired) electrons. The van der Waals surface area contributed by atoms with Crippen molar-refractivity contribution < 1.29 is 9.53 Å². The Morgan fingerprint density at radius 3 is 2.48 bits per heavy atom. The van der Waals surface area contributed by atoms with Crippen LogP contribution >= 0.6 is 0 Å². The highest BCUT2D eigenvalue weighted by molar-refractivity contribution is 5.67. The average Bonchev–Trinajstić information content (AvgIpc) is 2.61. The number of alkyl carbamates (subject to hydrolysis) is 1. The predicted molar refractivity (Wildman–Crippen MR) is 91.9 cm³/mol. The molecule has 118 valence electrons. The summed E-state index contributed by atoms with van der Waals surface area (Å²) in [5.41, 5.74) is 3.27. The molecule has 0 aliphatic heterocycles. The predicted octanol–water partition coefficient (Wildman–Crippen LogP) is 3.92. The number of aryl methyl sites for hydroxylation is 1. The molecule has 0 atom stereocenters. The molecule has 3 nitrogen and oxygen atoms in total. The Morgan fingerprint density at radius 1 is 1.04 bits per heavy atom. The number of nitrogens with one attached hydrogen (secondary N) is 1. The molecule has 2 aromatic rings. The monoisotopic (exact) mass is 307 g/mol. The van der Waals surface area contributed by atoms with Gasteiger partial charge >= 0.3 is 6.09 Å². The van der Waals surface area contributed by atoms with Gasteiger partial charge in [-0.25, -0.2) is 4.79 Å². The van der Waals surface area contributed by atoms with Crippen molar-refractivity contribution in [3.8, 4) is 11.8 Å². The van der Waals surface area contributed by atoms with Crippen LogP contribution in [0.25, 0.3) is 0 Å². The van der Waals surface area contributed by atoms with Gasteiger partial charge in [-0.3, -0.25) is 0 Å². The molecule has 0 unspecified atom stereocenters. The van der Waals surface area contributed by atoms with Crippen molar-refractivity contribution in [2.24, 2.45) is 0 Å². The van der Waals surface area contributed by atoms with Crippen LogP contribution in [0.3, 0.4) is 0 Å². The molecule has 0 aliphatic rings. The molecule has 0 aliphatic carbocycles. The van der Waals surface area contributed by atoms with Crippen LogP contribution in [0, 0.1) is 11.8 Å². The van der Waals surface area contributed by atoms with E-state index in [-0.39, 0.29) is 6.61 Å². The quantitative estimate of drug-likeness (QED) is 0.671. The Morgan fingerprint density at radius 2 is 1.78 bits per heavy atom. The minimum atomic E-state index is -0.414. The molecule has 2 aromatic carbocycles. The minimum Gasteiger partial charge on any atom is -0.445 e. The maximum Gasteiger partial charge on any atom is 0.407 e. The molecular weight excluding hydrogens is 286 g/mol. The van der Waals surface area contributed by atoms with E-state index in [2.05, 4.69) is 36.2 Å². The molecule has 1 N–H and O–H groups in total. The van der Waals surface area contributed by atoms with E-state index in [9.17, 15) is 4.79 Å². The molecule has 3 heteroatoms. The molecule has 0 saturated heterocycles. The maximum atomic E-state index is 11.5. The first-order chi connectivity index (χ1) is 11.3. The lowest BCUT2D eigenvalue weighted by Crippen LogP contribution is -2.24. The third kappa shape index (κ3) is 6.27. The lowest BCUT2D eigenvalue weighted by molar-refractivity contribution is 0.140. The van der Waals surface area contributed by atoms with Crippen molar-refractivity contribution in [3.63, 3.8) is 0 Å². The fourth-order valence-electron chi connectivity index (χ4n) is 1.99. The number of benzene rings is 2. The summed E-state index contributed by atoms with van der Waals surface area (Å²) in [7, 11) is 0. The lowest BCUT2D eigenvalue weighted by Gasteiger charge is -2.05. The summed E-state index contributed by atoms with van der Waals surface area (Å²) < 4.78 is 5.12. The second kappa shape index (κ2) is 9.32. The van der Waals surface area contributed by atoms with Gasteiger partial charge in [0.1, 0.15) is 6.61 Å². The highest BCUT2D eigenvalue weighted by Gasteiger charge is 2.00. The normalized spacial score (nSPS) is 9.61. The van der Waals surface area contributed by atoms with Crippen LogP contribution in [0.4, 0.5) is 4.79 Å². The van der Waals surface area contributed by atoms with Gasteiger partial charge in [0.25, 0.3) is 0 Å². The SMILES string of the molecule is CCc1ccc(C#CCCNC(=O)OCc2ccccc2)cc1. The number of ether oxygens (including phenoxy) is 1. The summed E-state index contributed by atoms with van der Waals surface area (Å²) in [6.45, 7) is 2.89. The second-order valence-corrected chi connectivity index (χ2v) is 5.09. The van der Waals surface area contributed by atoms with Gasteiger partial charge in [0.2, 0.25) is 0 Å². The summed E-state index contributed by atoms with van der Waals surface area (Å²) in [5.74, 6) is 6.13.